The SMILES string of the molecule is COC(C)C(=O)Nc1ccccc1C. The molecule has 1 aromatic rings. The fourth-order valence-corrected chi connectivity index (χ4v) is 1.05. The zero-order chi connectivity index (χ0) is 10.6. The number of amides is 1. The van der Waals surface area contributed by atoms with E-state index in [0.717, 1.165) is 11.3 Å². The Morgan fingerprint density at radius 1 is 1.43 bits per heavy atom. The van der Waals surface area contributed by atoms with Crippen molar-refractivity contribution in [3.63, 3.8) is 0 Å². The molecule has 0 radical (unpaired) electrons. The number of hydrogen-bond donors (Lipinski definition) is 1. The van der Waals surface area contributed by atoms with Crippen molar-refractivity contribution in [3.8, 4) is 0 Å². The number of benzene rings is 1. The first-order valence-electron chi connectivity index (χ1n) is 4.54. The second-order valence-electron chi connectivity index (χ2n) is 3.18. The fraction of sp³-hybridized carbons (Fsp3) is 0.364. The van der Waals surface area contributed by atoms with Gasteiger partial charge < -0.3 is 10.1 Å². The third-order valence-electron chi connectivity index (χ3n) is 2.13. The minimum atomic E-state index is -0.422. The predicted octanol–water partition coefficient (Wildman–Crippen LogP) is 1.97. The van der Waals surface area contributed by atoms with Crippen molar-refractivity contribution in [3.05, 3.63) is 29.8 Å². The van der Waals surface area contributed by atoms with Gasteiger partial charge in [-0.05, 0) is 25.5 Å². The molecular formula is C11H15NO2. The number of carbonyl (C=O) groups is 1. The second-order valence-corrected chi connectivity index (χ2v) is 3.18. The maximum Gasteiger partial charge on any atom is 0.253 e. The zero-order valence-corrected chi connectivity index (χ0v) is 8.70. The number of nitrogens with one attached hydrogen (secondary N) is 1. The van der Waals surface area contributed by atoms with Crippen LogP contribution in [0.3, 0.4) is 0 Å². The van der Waals surface area contributed by atoms with Gasteiger partial charge >= 0.3 is 0 Å². The van der Waals surface area contributed by atoms with Crippen LogP contribution in [0.5, 0.6) is 0 Å². The average molecular weight is 193 g/mol. The maximum absolute atomic E-state index is 11.5. The van der Waals surface area contributed by atoms with Crippen LogP contribution in [-0.4, -0.2) is 19.1 Å². The summed E-state index contributed by atoms with van der Waals surface area (Å²) in [6, 6.07) is 7.65. The molecule has 0 bridgehead atoms. The summed E-state index contributed by atoms with van der Waals surface area (Å²) in [6.07, 6.45) is -0.422. The molecule has 0 saturated heterocycles. The van der Waals surface area contributed by atoms with Gasteiger partial charge in [0.1, 0.15) is 6.10 Å². The van der Waals surface area contributed by atoms with Gasteiger partial charge in [0.15, 0.2) is 0 Å². The monoisotopic (exact) mass is 193 g/mol. The van der Waals surface area contributed by atoms with Crippen molar-refractivity contribution in [2.24, 2.45) is 0 Å². The Hall–Kier alpha value is -1.35. The van der Waals surface area contributed by atoms with Crippen LogP contribution in [-0.2, 0) is 9.53 Å². The maximum atomic E-state index is 11.5. The molecule has 0 fully saturated rings. The van der Waals surface area contributed by atoms with E-state index in [9.17, 15) is 4.79 Å². The highest BCUT2D eigenvalue weighted by atomic mass is 16.5. The van der Waals surface area contributed by atoms with Crippen molar-refractivity contribution in [2.75, 3.05) is 12.4 Å². The summed E-state index contributed by atoms with van der Waals surface area (Å²) in [7, 11) is 1.52. The highest BCUT2D eigenvalue weighted by molar-refractivity contribution is 5.94. The molecule has 76 valence electrons. The number of aryl methyl sites for hydroxylation is 1. The number of methoxy groups -OCH3 is 1. The van der Waals surface area contributed by atoms with Crippen LogP contribution in [0.25, 0.3) is 0 Å². The van der Waals surface area contributed by atoms with E-state index < -0.39 is 6.10 Å². The number of carbonyl (C=O) groups excluding carboxylic acids is 1. The van der Waals surface area contributed by atoms with Crippen molar-refractivity contribution in [1.82, 2.24) is 0 Å². The van der Waals surface area contributed by atoms with Crippen LogP contribution in [0.1, 0.15) is 12.5 Å². The summed E-state index contributed by atoms with van der Waals surface area (Å²) in [5.74, 6) is -0.123. The lowest BCUT2D eigenvalue weighted by Crippen LogP contribution is -2.26. The number of para-hydroxylation sites is 1. The first-order valence-corrected chi connectivity index (χ1v) is 4.54. The van der Waals surface area contributed by atoms with Crippen molar-refractivity contribution in [2.45, 2.75) is 20.0 Å². The van der Waals surface area contributed by atoms with Gasteiger partial charge in [0.25, 0.3) is 5.91 Å². The molecule has 0 spiro atoms. The normalized spacial score (nSPS) is 12.2. The molecule has 0 aliphatic carbocycles. The van der Waals surface area contributed by atoms with Crippen molar-refractivity contribution >= 4 is 11.6 Å². The molecule has 1 atom stereocenters. The fourth-order valence-electron chi connectivity index (χ4n) is 1.05. The Balaban J connectivity index is 2.70. The van der Waals surface area contributed by atoms with E-state index in [2.05, 4.69) is 5.32 Å². The number of ether oxygens (including phenoxy) is 1. The van der Waals surface area contributed by atoms with E-state index in [-0.39, 0.29) is 5.91 Å². The van der Waals surface area contributed by atoms with Crippen LogP contribution >= 0.6 is 0 Å². The highest BCUT2D eigenvalue weighted by Crippen LogP contribution is 2.13. The first kappa shape index (κ1) is 10.7. The molecule has 14 heavy (non-hydrogen) atoms. The van der Waals surface area contributed by atoms with Crippen molar-refractivity contribution in [1.29, 1.82) is 0 Å². The van der Waals surface area contributed by atoms with Gasteiger partial charge in [-0.2, -0.15) is 0 Å². The van der Waals surface area contributed by atoms with E-state index in [1.54, 1.807) is 6.92 Å². The van der Waals surface area contributed by atoms with Crippen LogP contribution in [0.4, 0.5) is 5.69 Å². The van der Waals surface area contributed by atoms with E-state index in [4.69, 9.17) is 4.74 Å². The first-order chi connectivity index (χ1) is 6.65. The lowest BCUT2D eigenvalue weighted by molar-refractivity contribution is -0.124. The number of anilines is 1. The average Bonchev–Trinajstić information content (AvgIpc) is 2.20. The number of rotatable bonds is 3. The molecule has 1 aromatic carbocycles. The molecule has 1 rings (SSSR count). The lowest BCUT2D eigenvalue weighted by atomic mass is 10.2. The minimum absolute atomic E-state index is 0.123. The summed E-state index contributed by atoms with van der Waals surface area (Å²) in [5, 5.41) is 2.80. The lowest BCUT2D eigenvalue weighted by Gasteiger charge is -2.11. The molecule has 0 aliphatic heterocycles. The van der Waals surface area contributed by atoms with Crippen LogP contribution in [0, 0.1) is 6.92 Å². The molecule has 0 aromatic heterocycles. The van der Waals surface area contributed by atoms with Gasteiger partial charge in [-0.3, -0.25) is 4.79 Å². The second kappa shape index (κ2) is 4.77. The Bertz CT molecular complexity index is 323. The summed E-state index contributed by atoms with van der Waals surface area (Å²) in [4.78, 5) is 11.5. The summed E-state index contributed by atoms with van der Waals surface area (Å²) >= 11 is 0. The summed E-state index contributed by atoms with van der Waals surface area (Å²) in [5.41, 5.74) is 1.88. The molecule has 3 nitrogen and oxygen atoms in total. The smallest absolute Gasteiger partial charge is 0.253 e. The Morgan fingerprint density at radius 2 is 2.07 bits per heavy atom. The molecule has 1 amide bonds. The van der Waals surface area contributed by atoms with E-state index in [0.29, 0.717) is 0 Å². The van der Waals surface area contributed by atoms with Crippen molar-refractivity contribution < 1.29 is 9.53 Å². The van der Waals surface area contributed by atoms with Crippen LogP contribution < -0.4 is 5.32 Å². The van der Waals surface area contributed by atoms with Crippen LogP contribution in [0.15, 0.2) is 24.3 Å². The summed E-state index contributed by atoms with van der Waals surface area (Å²) in [6.45, 7) is 3.67. The molecular weight excluding hydrogens is 178 g/mol. The molecule has 3 heteroatoms. The summed E-state index contributed by atoms with van der Waals surface area (Å²) < 4.78 is 4.91. The highest BCUT2D eigenvalue weighted by Gasteiger charge is 2.11. The predicted molar refractivity (Wildman–Crippen MR) is 56.3 cm³/mol. The molecule has 1 unspecified atom stereocenters. The molecule has 0 heterocycles. The largest absolute Gasteiger partial charge is 0.372 e. The van der Waals surface area contributed by atoms with E-state index >= 15 is 0 Å². The zero-order valence-electron chi connectivity index (χ0n) is 8.70. The van der Waals surface area contributed by atoms with E-state index in [1.807, 2.05) is 31.2 Å². The van der Waals surface area contributed by atoms with Crippen LogP contribution in [0.2, 0.25) is 0 Å². The topological polar surface area (TPSA) is 38.3 Å². The number of hydrogen-bond acceptors (Lipinski definition) is 2. The standard InChI is InChI=1S/C11H15NO2/c1-8-6-4-5-7-10(8)12-11(13)9(2)14-3/h4-7,9H,1-3H3,(H,12,13). The Morgan fingerprint density at radius 3 is 2.64 bits per heavy atom. The molecule has 0 saturated carbocycles. The van der Waals surface area contributed by atoms with Gasteiger partial charge in [0.05, 0.1) is 0 Å². The third-order valence-corrected chi connectivity index (χ3v) is 2.13. The van der Waals surface area contributed by atoms with E-state index in [1.165, 1.54) is 7.11 Å². The Labute approximate surface area is 84.1 Å². The van der Waals surface area contributed by atoms with Gasteiger partial charge in [-0.1, -0.05) is 18.2 Å². The molecule has 0 aliphatic rings. The third kappa shape index (κ3) is 2.57. The van der Waals surface area contributed by atoms with Gasteiger partial charge in [-0.25, -0.2) is 0 Å². The van der Waals surface area contributed by atoms with Gasteiger partial charge in [0.2, 0.25) is 0 Å². The molecule has 1 N–H and O–H groups in total. The Kier molecular flexibility index (Phi) is 3.65. The van der Waals surface area contributed by atoms with Gasteiger partial charge in [0, 0.05) is 12.8 Å². The minimum Gasteiger partial charge on any atom is -0.372 e. The van der Waals surface area contributed by atoms with Gasteiger partial charge in [-0.15, -0.1) is 0 Å². The quantitative estimate of drug-likeness (QED) is 0.797.